The van der Waals surface area contributed by atoms with Crippen LogP contribution in [0.1, 0.15) is 17.3 Å². The molecule has 0 aliphatic carbocycles. The summed E-state index contributed by atoms with van der Waals surface area (Å²) in [6, 6.07) is 3.91. The summed E-state index contributed by atoms with van der Waals surface area (Å²) >= 11 is 0. The van der Waals surface area contributed by atoms with Crippen LogP contribution in [0.4, 0.5) is 13.2 Å². The van der Waals surface area contributed by atoms with Crippen LogP contribution in [-0.4, -0.2) is 17.3 Å². The van der Waals surface area contributed by atoms with E-state index in [9.17, 15) is 13.2 Å². The zero-order valence-electron chi connectivity index (χ0n) is 10.4. The Balaban J connectivity index is 2.44. The summed E-state index contributed by atoms with van der Waals surface area (Å²) in [6.45, 7) is 0. The lowest BCUT2D eigenvalue weighted by atomic mass is 10.0. The number of hydrogen-bond acceptors (Lipinski definition) is 5. The number of hydrazine groups is 1. The molecule has 2 aromatic rings. The number of methoxy groups -OCH3 is 1. The molecule has 0 saturated carbocycles. The Hall–Kier alpha value is -2.19. The summed E-state index contributed by atoms with van der Waals surface area (Å²) < 4.78 is 44.7. The van der Waals surface area contributed by atoms with Crippen molar-refractivity contribution in [3.8, 4) is 5.88 Å². The van der Waals surface area contributed by atoms with Crippen LogP contribution in [0.25, 0.3) is 0 Å². The van der Waals surface area contributed by atoms with E-state index in [4.69, 9.17) is 10.6 Å². The first-order valence-electron chi connectivity index (χ1n) is 5.55. The van der Waals surface area contributed by atoms with Crippen molar-refractivity contribution in [1.82, 2.24) is 15.6 Å². The maximum atomic E-state index is 13.7. The van der Waals surface area contributed by atoms with Crippen LogP contribution in [-0.2, 0) is 0 Å². The molecule has 0 amide bonds. The second-order valence-corrected chi connectivity index (χ2v) is 3.86. The largest absolute Gasteiger partial charge is 0.480 e. The van der Waals surface area contributed by atoms with Gasteiger partial charge < -0.3 is 4.74 Å². The highest BCUT2D eigenvalue weighted by molar-refractivity contribution is 5.30. The molecule has 0 spiro atoms. The van der Waals surface area contributed by atoms with Crippen LogP contribution in [0, 0.1) is 17.5 Å². The van der Waals surface area contributed by atoms with Crippen LogP contribution in [0.2, 0.25) is 0 Å². The third-order valence-corrected chi connectivity index (χ3v) is 2.71. The summed E-state index contributed by atoms with van der Waals surface area (Å²) in [5.74, 6) is 1.42. The molecule has 0 fully saturated rings. The number of nitrogens with zero attached hydrogens (tertiary/aromatic N) is 2. The molecule has 1 unspecified atom stereocenters. The zero-order valence-corrected chi connectivity index (χ0v) is 10.4. The highest BCUT2D eigenvalue weighted by Crippen LogP contribution is 2.25. The third-order valence-electron chi connectivity index (χ3n) is 2.71. The average molecular weight is 284 g/mol. The first-order chi connectivity index (χ1) is 9.58. The van der Waals surface area contributed by atoms with Crippen molar-refractivity contribution in [2.75, 3.05) is 7.11 Å². The molecule has 0 aliphatic heterocycles. The van der Waals surface area contributed by atoms with Gasteiger partial charge in [0, 0.05) is 11.6 Å². The van der Waals surface area contributed by atoms with E-state index in [-0.39, 0.29) is 17.1 Å². The first kappa shape index (κ1) is 14.2. The van der Waals surface area contributed by atoms with Gasteiger partial charge in [-0.3, -0.25) is 5.84 Å². The number of nitrogens with two attached hydrogens (primary N) is 1. The van der Waals surface area contributed by atoms with E-state index in [1.54, 1.807) is 0 Å². The van der Waals surface area contributed by atoms with E-state index < -0.39 is 23.5 Å². The maximum absolute atomic E-state index is 13.7. The van der Waals surface area contributed by atoms with E-state index in [1.807, 2.05) is 0 Å². The Labute approximate surface area is 112 Å². The Morgan fingerprint density at radius 1 is 1.10 bits per heavy atom. The van der Waals surface area contributed by atoms with Gasteiger partial charge in [-0.2, -0.15) is 0 Å². The Morgan fingerprint density at radius 2 is 1.85 bits per heavy atom. The summed E-state index contributed by atoms with van der Waals surface area (Å²) in [7, 11) is 1.41. The predicted molar refractivity (Wildman–Crippen MR) is 64.1 cm³/mol. The summed E-state index contributed by atoms with van der Waals surface area (Å²) in [5.41, 5.74) is 2.35. The third kappa shape index (κ3) is 2.56. The normalized spacial score (nSPS) is 12.2. The van der Waals surface area contributed by atoms with Gasteiger partial charge in [0.1, 0.15) is 0 Å². The quantitative estimate of drug-likeness (QED) is 0.505. The molecule has 0 saturated heterocycles. The molecular formula is C12H11F3N4O. The lowest BCUT2D eigenvalue weighted by Gasteiger charge is -2.16. The van der Waals surface area contributed by atoms with Gasteiger partial charge in [0.2, 0.25) is 5.88 Å². The number of rotatable bonds is 4. The number of ether oxygens (including phenoxy) is 1. The second kappa shape index (κ2) is 5.85. The molecule has 8 heteroatoms. The highest BCUT2D eigenvalue weighted by atomic mass is 19.2. The van der Waals surface area contributed by atoms with E-state index in [1.165, 1.54) is 19.2 Å². The van der Waals surface area contributed by atoms with Crippen molar-refractivity contribution in [2.45, 2.75) is 6.04 Å². The lowest BCUT2D eigenvalue weighted by molar-refractivity contribution is 0.389. The summed E-state index contributed by atoms with van der Waals surface area (Å²) in [6.07, 6.45) is 0. The van der Waals surface area contributed by atoms with Gasteiger partial charge in [-0.25, -0.2) is 18.6 Å². The van der Waals surface area contributed by atoms with Gasteiger partial charge in [-0.1, -0.05) is 6.07 Å². The van der Waals surface area contributed by atoms with Crippen molar-refractivity contribution in [2.24, 2.45) is 5.84 Å². The van der Waals surface area contributed by atoms with E-state index >= 15 is 0 Å². The van der Waals surface area contributed by atoms with Crippen LogP contribution in [0.3, 0.4) is 0 Å². The fourth-order valence-electron chi connectivity index (χ4n) is 1.69. The van der Waals surface area contributed by atoms with Gasteiger partial charge in [0.15, 0.2) is 17.5 Å². The van der Waals surface area contributed by atoms with Crippen LogP contribution >= 0.6 is 0 Å². The van der Waals surface area contributed by atoms with Gasteiger partial charge in [-0.05, 0) is 12.1 Å². The van der Waals surface area contributed by atoms with E-state index in [2.05, 4.69) is 15.6 Å². The van der Waals surface area contributed by atoms with E-state index in [0.29, 0.717) is 0 Å². The number of nitrogens with one attached hydrogen (secondary N) is 1. The predicted octanol–water partition coefficient (Wildman–Crippen LogP) is 1.46. The topological polar surface area (TPSA) is 73.1 Å². The van der Waals surface area contributed by atoms with Gasteiger partial charge >= 0.3 is 0 Å². The Kier molecular flexibility index (Phi) is 4.16. The average Bonchev–Trinajstić information content (AvgIpc) is 2.48. The summed E-state index contributed by atoms with van der Waals surface area (Å²) in [5, 5.41) is 7.49. The molecule has 106 valence electrons. The fraction of sp³-hybridized carbons (Fsp3) is 0.167. The molecule has 1 aromatic heterocycles. The van der Waals surface area contributed by atoms with Crippen molar-refractivity contribution in [1.29, 1.82) is 0 Å². The zero-order chi connectivity index (χ0) is 14.7. The molecular weight excluding hydrogens is 273 g/mol. The molecule has 3 N–H and O–H groups in total. The molecule has 0 aliphatic rings. The van der Waals surface area contributed by atoms with Gasteiger partial charge in [-0.15, -0.1) is 10.2 Å². The SMILES string of the molecule is COc1ccc(C(NN)c2ccc(F)c(F)c2F)nn1. The van der Waals surface area contributed by atoms with Crippen LogP contribution in [0.15, 0.2) is 24.3 Å². The smallest absolute Gasteiger partial charge is 0.233 e. The lowest BCUT2D eigenvalue weighted by Crippen LogP contribution is -2.30. The standard InChI is InChI=1S/C12H11F3N4O/c1-20-9-5-4-8(18-19-9)12(17-16)6-2-3-7(13)11(15)10(6)14/h2-5,12,17H,16H2,1H3. The van der Waals surface area contributed by atoms with Crippen molar-refractivity contribution >= 4 is 0 Å². The molecule has 0 bridgehead atoms. The van der Waals surface area contributed by atoms with Gasteiger partial charge in [0.25, 0.3) is 0 Å². The van der Waals surface area contributed by atoms with Crippen LogP contribution in [0.5, 0.6) is 5.88 Å². The van der Waals surface area contributed by atoms with Crippen molar-refractivity contribution < 1.29 is 17.9 Å². The molecule has 1 heterocycles. The molecule has 2 rings (SSSR count). The van der Waals surface area contributed by atoms with E-state index in [0.717, 1.165) is 12.1 Å². The Bertz CT molecular complexity index is 606. The maximum Gasteiger partial charge on any atom is 0.233 e. The summed E-state index contributed by atoms with van der Waals surface area (Å²) in [4.78, 5) is 0. The number of aromatic nitrogens is 2. The Morgan fingerprint density at radius 3 is 2.40 bits per heavy atom. The second-order valence-electron chi connectivity index (χ2n) is 3.86. The van der Waals surface area contributed by atoms with Crippen LogP contribution < -0.4 is 16.0 Å². The molecule has 20 heavy (non-hydrogen) atoms. The fourth-order valence-corrected chi connectivity index (χ4v) is 1.69. The molecule has 1 aromatic carbocycles. The monoisotopic (exact) mass is 284 g/mol. The minimum atomic E-state index is -1.57. The number of halogens is 3. The molecule has 1 atom stereocenters. The van der Waals surface area contributed by atoms with Crippen molar-refractivity contribution in [3.63, 3.8) is 0 Å². The molecule has 5 nitrogen and oxygen atoms in total. The number of hydrogen-bond donors (Lipinski definition) is 2. The number of benzene rings is 1. The van der Waals surface area contributed by atoms with Gasteiger partial charge in [0.05, 0.1) is 18.8 Å². The minimum Gasteiger partial charge on any atom is -0.480 e. The minimum absolute atomic E-state index is 0.175. The molecule has 0 radical (unpaired) electrons. The highest BCUT2D eigenvalue weighted by Gasteiger charge is 2.22. The van der Waals surface area contributed by atoms with Crippen molar-refractivity contribution in [3.05, 3.63) is 53.0 Å². The first-order valence-corrected chi connectivity index (χ1v) is 5.55.